The molecule has 0 spiro atoms. The standard InChI is InChI=1S/C18H24ClN5O/c1-11(2)17-21-16(18(25)23-10-9-20-12(3)13(23)4)22-24(17)15-8-6-5-7-14(15)19/h5-8,11-13,20H,9-10H2,1-4H3. The number of halogens is 1. The van der Waals surface area contributed by atoms with Crippen LogP contribution in [-0.2, 0) is 0 Å². The van der Waals surface area contributed by atoms with Crippen LogP contribution in [0.2, 0.25) is 5.02 Å². The second kappa shape index (κ2) is 7.14. The molecule has 25 heavy (non-hydrogen) atoms. The monoisotopic (exact) mass is 361 g/mol. The van der Waals surface area contributed by atoms with Crippen molar-refractivity contribution in [3.63, 3.8) is 0 Å². The van der Waals surface area contributed by atoms with Gasteiger partial charge < -0.3 is 10.2 Å². The summed E-state index contributed by atoms with van der Waals surface area (Å²) in [5.41, 5.74) is 0.737. The van der Waals surface area contributed by atoms with Crippen molar-refractivity contribution in [3.05, 3.63) is 40.9 Å². The molecule has 1 fully saturated rings. The third kappa shape index (κ3) is 3.41. The van der Waals surface area contributed by atoms with Crippen LogP contribution in [0.15, 0.2) is 24.3 Å². The Balaban J connectivity index is 2.00. The number of nitrogens with one attached hydrogen (secondary N) is 1. The summed E-state index contributed by atoms with van der Waals surface area (Å²) in [7, 11) is 0. The molecule has 1 aromatic heterocycles. The van der Waals surface area contributed by atoms with Crippen LogP contribution in [0.3, 0.4) is 0 Å². The lowest BCUT2D eigenvalue weighted by atomic mass is 10.1. The molecule has 1 aliphatic heterocycles. The first-order valence-corrected chi connectivity index (χ1v) is 9.04. The fourth-order valence-electron chi connectivity index (χ4n) is 3.06. The summed E-state index contributed by atoms with van der Waals surface area (Å²) in [5, 5.41) is 8.47. The molecule has 2 unspecified atom stereocenters. The van der Waals surface area contributed by atoms with Crippen molar-refractivity contribution < 1.29 is 4.79 Å². The summed E-state index contributed by atoms with van der Waals surface area (Å²) in [6.45, 7) is 9.62. The van der Waals surface area contributed by atoms with Gasteiger partial charge in [0.15, 0.2) is 0 Å². The highest BCUT2D eigenvalue weighted by atomic mass is 35.5. The first-order valence-electron chi connectivity index (χ1n) is 8.66. The summed E-state index contributed by atoms with van der Waals surface area (Å²) < 4.78 is 1.69. The second-order valence-electron chi connectivity index (χ2n) is 6.79. The van der Waals surface area contributed by atoms with Gasteiger partial charge in [0.05, 0.1) is 10.7 Å². The van der Waals surface area contributed by atoms with Crippen molar-refractivity contribution >= 4 is 17.5 Å². The molecule has 7 heteroatoms. The Morgan fingerprint density at radius 2 is 2.04 bits per heavy atom. The lowest BCUT2D eigenvalue weighted by molar-refractivity contribution is 0.0590. The number of hydrogen-bond donors (Lipinski definition) is 1. The van der Waals surface area contributed by atoms with Crippen LogP contribution in [0.25, 0.3) is 5.69 Å². The molecule has 1 N–H and O–H groups in total. The molecule has 0 radical (unpaired) electrons. The maximum Gasteiger partial charge on any atom is 0.293 e. The first kappa shape index (κ1) is 17.9. The van der Waals surface area contributed by atoms with Gasteiger partial charge in [0.25, 0.3) is 5.91 Å². The van der Waals surface area contributed by atoms with Crippen molar-refractivity contribution in [1.29, 1.82) is 0 Å². The third-order valence-electron chi connectivity index (χ3n) is 4.72. The summed E-state index contributed by atoms with van der Waals surface area (Å²) in [4.78, 5) is 19.4. The van der Waals surface area contributed by atoms with Gasteiger partial charge in [-0.25, -0.2) is 9.67 Å². The van der Waals surface area contributed by atoms with Crippen LogP contribution in [0.4, 0.5) is 0 Å². The number of piperazine rings is 1. The van der Waals surface area contributed by atoms with Crippen LogP contribution in [0.5, 0.6) is 0 Å². The zero-order chi connectivity index (χ0) is 18.1. The number of benzene rings is 1. The van der Waals surface area contributed by atoms with Crippen LogP contribution in [0, 0.1) is 0 Å². The van der Waals surface area contributed by atoms with E-state index in [0.717, 1.165) is 18.1 Å². The number of rotatable bonds is 3. The number of aromatic nitrogens is 3. The molecule has 1 amide bonds. The SMILES string of the molecule is CC(C)c1nc(C(=O)N2CCNC(C)C2C)nn1-c1ccccc1Cl. The maximum atomic E-state index is 13.0. The predicted octanol–water partition coefficient (Wildman–Crippen LogP) is 2.87. The van der Waals surface area contributed by atoms with Crippen LogP contribution >= 0.6 is 11.6 Å². The van der Waals surface area contributed by atoms with E-state index in [1.807, 2.05) is 49.9 Å². The predicted molar refractivity (Wildman–Crippen MR) is 98.4 cm³/mol. The quantitative estimate of drug-likeness (QED) is 0.913. The van der Waals surface area contributed by atoms with Gasteiger partial charge in [-0.3, -0.25) is 4.79 Å². The van der Waals surface area contributed by atoms with Crippen molar-refractivity contribution in [2.75, 3.05) is 13.1 Å². The molecule has 134 valence electrons. The van der Waals surface area contributed by atoms with Crippen LogP contribution in [-0.4, -0.2) is 50.7 Å². The van der Waals surface area contributed by atoms with Gasteiger partial charge in [-0.1, -0.05) is 37.6 Å². The lowest BCUT2D eigenvalue weighted by Gasteiger charge is -2.37. The molecule has 2 aromatic rings. The summed E-state index contributed by atoms with van der Waals surface area (Å²) in [5.74, 6) is 0.940. The van der Waals surface area contributed by atoms with E-state index >= 15 is 0 Å². The second-order valence-corrected chi connectivity index (χ2v) is 7.20. The van der Waals surface area contributed by atoms with E-state index in [2.05, 4.69) is 22.3 Å². The number of carbonyl (C=O) groups is 1. The average molecular weight is 362 g/mol. The van der Waals surface area contributed by atoms with Gasteiger partial charge in [0.1, 0.15) is 5.82 Å². The number of amides is 1. The molecule has 2 atom stereocenters. The first-order chi connectivity index (χ1) is 11.9. The molecular formula is C18H24ClN5O. The van der Waals surface area contributed by atoms with Crippen molar-refractivity contribution in [3.8, 4) is 5.69 Å². The Labute approximate surface area is 153 Å². The molecule has 0 saturated carbocycles. The zero-order valence-corrected chi connectivity index (χ0v) is 15.8. The van der Waals surface area contributed by atoms with E-state index < -0.39 is 0 Å². The highest BCUT2D eigenvalue weighted by Gasteiger charge is 2.32. The van der Waals surface area contributed by atoms with E-state index in [-0.39, 0.29) is 29.7 Å². The van der Waals surface area contributed by atoms with Crippen LogP contribution in [0.1, 0.15) is 50.1 Å². The number of para-hydroxylation sites is 1. The lowest BCUT2D eigenvalue weighted by Crippen LogP contribution is -2.57. The normalized spacial score (nSPS) is 21.0. The molecule has 3 rings (SSSR count). The van der Waals surface area contributed by atoms with E-state index in [4.69, 9.17) is 11.6 Å². The van der Waals surface area contributed by atoms with Gasteiger partial charge in [-0.15, -0.1) is 5.10 Å². The topological polar surface area (TPSA) is 63.1 Å². The summed E-state index contributed by atoms with van der Waals surface area (Å²) in [6.07, 6.45) is 0. The molecule has 1 saturated heterocycles. The van der Waals surface area contributed by atoms with Gasteiger partial charge in [0.2, 0.25) is 5.82 Å². The molecule has 0 aliphatic carbocycles. The highest BCUT2D eigenvalue weighted by molar-refractivity contribution is 6.32. The van der Waals surface area contributed by atoms with Crippen molar-refractivity contribution in [2.45, 2.75) is 45.7 Å². The zero-order valence-electron chi connectivity index (χ0n) is 15.0. The van der Waals surface area contributed by atoms with Gasteiger partial charge in [-0.2, -0.15) is 0 Å². The van der Waals surface area contributed by atoms with E-state index in [1.165, 1.54) is 0 Å². The fourth-order valence-corrected chi connectivity index (χ4v) is 3.28. The summed E-state index contributed by atoms with van der Waals surface area (Å²) in [6, 6.07) is 7.79. The molecule has 0 bridgehead atoms. The Morgan fingerprint density at radius 3 is 2.72 bits per heavy atom. The van der Waals surface area contributed by atoms with Gasteiger partial charge in [0, 0.05) is 31.1 Å². The highest BCUT2D eigenvalue weighted by Crippen LogP contribution is 2.24. The Kier molecular flexibility index (Phi) is 5.11. The molecule has 1 aliphatic rings. The molecular weight excluding hydrogens is 338 g/mol. The third-order valence-corrected chi connectivity index (χ3v) is 5.04. The van der Waals surface area contributed by atoms with Gasteiger partial charge in [-0.05, 0) is 26.0 Å². The molecule has 2 heterocycles. The largest absolute Gasteiger partial charge is 0.330 e. The molecule has 6 nitrogen and oxygen atoms in total. The van der Waals surface area contributed by atoms with Gasteiger partial charge >= 0.3 is 0 Å². The summed E-state index contributed by atoms with van der Waals surface area (Å²) >= 11 is 6.32. The van der Waals surface area contributed by atoms with E-state index in [0.29, 0.717) is 11.6 Å². The Bertz CT molecular complexity index is 773. The number of nitrogens with zero attached hydrogens (tertiary/aromatic N) is 4. The minimum absolute atomic E-state index is 0.0935. The van der Waals surface area contributed by atoms with E-state index in [9.17, 15) is 4.79 Å². The van der Waals surface area contributed by atoms with E-state index in [1.54, 1.807) is 4.68 Å². The smallest absolute Gasteiger partial charge is 0.293 e. The maximum absolute atomic E-state index is 13.0. The Morgan fingerprint density at radius 1 is 1.32 bits per heavy atom. The molecule has 1 aromatic carbocycles. The fraction of sp³-hybridized carbons (Fsp3) is 0.500. The number of carbonyl (C=O) groups excluding carboxylic acids is 1. The van der Waals surface area contributed by atoms with Crippen LogP contribution < -0.4 is 5.32 Å². The number of hydrogen-bond acceptors (Lipinski definition) is 4. The van der Waals surface area contributed by atoms with Crippen molar-refractivity contribution in [2.24, 2.45) is 0 Å². The van der Waals surface area contributed by atoms with Crippen molar-refractivity contribution in [1.82, 2.24) is 25.0 Å². The average Bonchev–Trinajstić information content (AvgIpc) is 3.02. The Hall–Kier alpha value is -1.92. The minimum atomic E-state index is -0.131. The minimum Gasteiger partial charge on any atom is -0.330 e.